The lowest BCUT2D eigenvalue weighted by atomic mass is 10.1. The van der Waals surface area contributed by atoms with Gasteiger partial charge in [-0.25, -0.2) is 4.79 Å². The summed E-state index contributed by atoms with van der Waals surface area (Å²) in [6.45, 7) is 0.764. The first kappa shape index (κ1) is 15.0. The topological polar surface area (TPSA) is 75.6 Å². The van der Waals surface area contributed by atoms with E-state index in [1.807, 2.05) is 0 Å². The Kier molecular flexibility index (Phi) is 5.14. The van der Waals surface area contributed by atoms with Crippen LogP contribution in [0.1, 0.15) is 36.0 Å². The molecule has 1 fully saturated rings. The van der Waals surface area contributed by atoms with Crippen molar-refractivity contribution in [2.24, 2.45) is 0 Å². The Balaban J connectivity index is 1.98. The van der Waals surface area contributed by atoms with Crippen molar-refractivity contribution in [3.05, 3.63) is 28.2 Å². The van der Waals surface area contributed by atoms with Gasteiger partial charge in [0.2, 0.25) is 5.91 Å². The van der Waals surface area contributed by atoms with Gasteiger partial charge in [-0.15, -0.1) is 0 Å². The Morgan fingerprint density at radius 3 is 2.90 bits per heavy atom. The van der Waals surface area contributed by atoms with Crippen molar-refractivity contribution in [1.82, 2.24) is 0 Å². The van der Waals surface area contributed by atoms with Crippen LogP contribution in [-0.4, -0.2) is 29.7 Å². The van der Waals surface area contributed by atoms with Crippen LogP contribution < -0.4 is 5.32 Å². The zero-order valence-corrected chi connectivity index (χ0v) is 12.5. The highest BCUT2D eigenvalue weighted by atomic mass is 79.9. The Bertz CT molecular complexity index is 512. The molecule has 1 unspecified atom stereocenters. The second-order valence-electron chi connectivity index (χ2n) is 4.69. The number of carbonyl (C=O) groups is 2. The summed E-state index contributed by atoms with van der Waals surface area (Å²) in [5.41, 5.74) is 0.377. The number of benzene rings is 1. The number of carboxylic acid groups (broad SMARTS) is 1. The van der Waals surface area contributed by atoms with Gasteiger partial charge >= 0.3 is 5.97 Å². The van der Waals surface area contributed by atoms with E-state index < -0.39 is 5.97 Å². The molecular weight excluding hydrogens is 326 g/mol. The summed E-state index contributed by atoms with van der Waals surface area (Å²) in [6, 6.07) is 4.78. The summed E-state index contributed by atoms with van der Waals surface area (Å²) in [7, 11) is 0. The number of anilines is 1. The van der Waals surface area contributed by atoms with E-state index in [0.717, 1.165) is 19.4 Å². The molecule has 2 N–H and O–H groups in total. The van der Waals surface area contributed by atoms with Crippen molar-refractivity contribution in [2.45, 2.75) is 31.8 Å². The van der Waals surface area contributed by atoms with Gasteiger partial charge in [-0.3, -0.25) is 4.79 Å². The molecule has 0 aliphatic carbocycles. The Hall–Kier alpha value is -1.40. The van der Waals surface area contributed by atoms with Crippen LogP contribution in [0.4, 0.5) is 5.69 Å². The highest BCUT2D eigenvalue weighted by Crippen LogP contribution is 2.27. The van der Waals surface area contributed by atoms with Crippen LogP contribution >= 0.6 is 15.9 Å². The van der Waals surface area contributed by atoms with E-state index in [0.29, 0.717) is 23.0 Å². The molecule has 0 spiro atoms. The molecule has 1 heterocycles. The third-order valence-corrected chi connectivity index (χ3v) is 3.89. The lowest BCUT2D eigenvalue weighted by Gasteiger charge is -2.12. The van der Waals surface area contributed by atoms with Gasteiger partial charge in [0.25, 0.3) is 0 Å². The van der Waals surface area contributed by atoms with Gasteiger partial charge in [-0.05, 0) is 47.3 Å². The molecule has 1 aromatic carbocycles. The molecular formula is C14H16BrNO4. The monoisotopic (exact) mass is 341 g/mol. The van der Waals surface area contributed by atoms with Crippen molar-refractivity contribution in [3.63, 3.8) is 0 Å². The van der Waals surface area contributed by atoms with Crippen molar-refractivity contribution in [1.29, 1.82) is 0 Å². The van der Waals surface area contributed by atoms with Gasteiger partial charge in [0.1, 0.15) is 0 Å². The van der Waals surface area contributed by atoms with Crippen molar-refractivity contribution in [3.8, 4) is 0 Å². The highest BCUT2D eigenvalue weighted by molar-refractivity contribution is 9.10. The van der Waals surface area contributed by atoms with Gasteiger partial charge in [0.15, 0.2) is 0 Å². The van der Waals surface area contributed by atoms with Crippen molar-refractivity contribution in [2.75, 3.05) is 11.9 Å². The first-order valence-electron chi connectivity index (χ1n) is 6.51. The molecule has 1 amide bonds. The van der Waals surface area contributed by atoms with Gasteiger partial charge in [0, 0.05) is 17.5 Å². The summed E-state index contributed by atoms with van der Waals surface area (Å²) < 4.78 is 6.01. The zero-order valence-electron chi connectivity index (χ0n) is 10.9. The van der Waals surface area contributed by atoms with Gasteiger partial charge in [-0.1, -0.05) is 6.07 Å². The minimum absolute atomic E-state index is 0.0739. The number of hydrogen-bond acceptors (Lipinski definition) is 3. The van der Waals surface area contributed by atoms with Crippen LogP contribution in [0.2, 0.25) is 0 Å². The maximum absolute atomic E-state index is 11.9. The minimum Gasteiger partial charge on any atom is -0.478 e. The van der Waals surface area contributed by atoms with E-state index in [1.165, 1.54) is 6.07 Å². The maximum atomic E-state index is 11.9. The van der Waals surface area contributed by atoms with Crippen LogP contribution in [0.25, 0.3) is 0 Å². The molecule has 0 aromatic heterocycles. The van der Waals surface area contributed by atoms with E-state index in [-0.39, 0.29) is 17.6 Å². The lowest BCUT2D eigenvalue weighted by molar-refractivity contribution is -0.116. The number of aromatic carboxylic acids is 1. The number of amides is 1. The first-order valence-corrected chi connectivity index (χ1v) is 7.30. The van der Waals surface area contributed by atoms with Gasteiger partial charge in [-0.2, -0.15) is 0 Å². The largest absolute Gasteiger partial charge is 0.478 e. The average molecular weight is 342 g/mol. The maximum Gasteiger partial charge on any atom is 0.337 e. The number of para-hydroxylation sites is 1. The fourth-order valence-corrected chi connectivity index (χ4v) is 2.66. The van der Waals surface area contributed by atoms with E-state index in [2.05, 4.69) is 21.2 Å². The molecule has 1 aliphatic heterocycles. The van der Waals surface area contributed by atoms with Crippen molar-refractivity contribution < 1.29 is 19.4 Å². The molecule has 1 saturated heterocycles. The van der Waals surface area contributed by atoms with E-state index in [1.54, 1.807) is 12.1 Å². The Labute approximate surface area is 125 Å². The molecule has 1 aliphatic rings. The fraction of sp³-hybridized carbons (Fsp3) is 0.429. The summed E-state index contributed by atoms with van der Waals surface area (Å²) >= 11 is 3.26. The van der Waals surface area contributed by atoms with Crippen LogP contribution in [0.15, 0.2) is 22.7 Å². The van der Waals surface area contributed by atoms with Crippen LogP contribution in [0, 0.1) is 0 Å². The third kappa shape index (κ3) is 3.80. The lowest BCUT2D eigenvalue weighted by Crippen LogP contribution is -2.17. The smallest absolute Gasteiger partial charge is 0.337 e. The molecule has 2 rings (SSSR count). The molecule has 1 atom stereocenters. The molecule has 0 saturated carbocycles. The second kappa shape index (κ2) is 6.85. The standard InChI is InChI=1S/C14H16BrNO4/c15-11-5-1-4-10(14(18)19)13(11)16-12(17)7-6-9-3-2-8-20-9/h1,4-5,9H,2-3,6-8H2,(H,16,17)(H,18,19). The molecule has 5 nitrogen and oxygen atoms in total. The molecule has 108 valence electrons. The molecule has 6 heteroatoms. The first-order chi connectivity index (χ1) is 9.58. The van der Waals surface area contributed by atoms with E-state index in [4.69, 9.17) is 9.84 Å². The summed E-state index contributed by atoms with van der Waals surface area (Å²) in [6.07, 6.45) is 3.17. The van der Waals surface area contributed by atoms with Crippen LogP contribution in [-0.2, 0) is 9.53 Å². The van der Waals surface area contributed by atoms with Gasteiger partial charge < -0.3 is 15.2 Å². The summed E-state index contributed by atoms with van der Waals surface area (Å²) in [4.78, 5) is 23.0. The number of rotatable bonds is 5. The molecule has 20 heavy (non-hydrogen) atoms. The fourth-order valence-electron chi connectivity index (χ4n) is 2.20. The second-order valence-corrected chi connectivity index (χ2v) is 5.54. The number of halogens is 1. The quantitative estimate of drug-likeness (QED) is 0.862. The summed E-state index contributed by atoms with van der Waals surface area (Å²) in [5.74, 6) is -1.27. The minimum atomic E-state index is -1.07. The number of nitrogens with one attached hydrogen (secondary N) is 1. The Morgan fingerprint density at radius 1 is 1.45 bits per heavy atom. The van der Waals surface area contributed by atoms with E-state index >= 15 is 0 Å². The third-order valence-electron chi connectivity index (χ3n) is 3.23. The molecule has 1 aromatic rings. The molecule has 0 radical (unpaired) electrons. The van der Waals surface area contributed by atoms with Gasteiger partial charge in [0.05, 0.1) is 17.4 Å². The molecule has 0 bridgehead atoms. The van der Waals surface area contributed by atoms with Crippen molar-refractivity contribution >= 4 is 33.5 Å². The number of hydrogen-bond donors (Lipinski definition) is 2. The van der Waals surface area contributed by atoms with Crippen LogP contribution in [0.3, 0.4) is 0 Å². The van der Waals surface area contributed by atoms with E-state index in [9.17, 15) is 9.59 Å². The zero-order chi connectivity index (χ0) is 14.5. The highest BCUT2D eigenvalue weighted by Gasteiger charge is 2.19. The van der Waals surface area contributed by atoms with Crippen LogP contribution in [0.5, 0.6) is 0 Å². The number of carboxylic acids is 1. The SMILES string of the molecule is O=C(CCC1CCCO1)Nc1c(Br)cccc1C(=O)O. The Morgan fingerprint density at radius 2 is 2.25 bits per heavy atom. The summed E-state index contributed by atoms with van der Waals surface area (Å²) in [5, 5.41) is 11.8. The average Bonchev–Trinajstić information content (AvgIpc) is 2.91. The number of carbonyl (C=O) groups excluding carboxylic acids is 1. The number of ether oxygens (including phenoxy) is 1. The predicted octanol–water partition coefficient (Wildman–Crippen LogP) is 3.05. The normalized spacial score (nSPS) is 17.9. The predicted molar refractivity (Wildman–Crippen MR) is 77.9 cm³/mol.